The van der Waals surface area contributed by atoms with Gasteiger partial charge in [-0.25, -0.2) is 14.6 Å². The van der Waals surface area contributed by atoms with Crippen LogP contribution in [-0.2, 0) is 6.54 Å². The molecule has 26 heavy (non-hydrogen) atoms. The molecule has 0 aromatic carbocycles. The molecule has 0 radical (unpaired) electrons. The third-order valence-electron chi connectivity index (χ3n) is 5.66. The number of anilines is 1. The summed E-state index contributed by atoms with van der Waals surface area (Å²) < 4.78 is 7.48. The van der Waals surface area contributed by atoms with Crippen LogP contribution < -0.4 is 9.64 Å². The number of aryl methyl sites for hydroxylation is 2. The number of likely N-dealkylation sites (tertiary alicyclic amines) is 1. The highest BCUT2D eigenvalue weighted by atomic mass is 16.5. The number of aromatic nitrogens is 4. The van der Waals surface area contributed by atoms with Crippen molar-refractivity contribution in [3.05, 3.63) is 29.8 Å². The molecule has 5 heterocycles. The summed E-state index contributed by atoms with van der Waals surface area (Å²) in [6, 6.07) is 2.03. The van der Waals surface area contributed by atoms with Crippen LogP contribution in [0, 0.1) is 18.8 Å². The molecule has 0 N–H and O–H groups in total. The Labute approximate surface area is 151 Å². The molecule has 0 saturated carbocycles. The Hall–Kier alpha value is -2.64. The molecule has 8 nitrogen and oxygen atoms in total. The van der Waals surface area contributed by atoms with E-state index >= 15 is 0 Å². The van der Waals surface area contributed by atoms with E-state index in [1.54, 1.807) is 17.2 Å². The molecule has 5 rings (SSSR count). The number of carbonyl (C=O) groups excluding carboxylic acids is 1. The highest BCUT2D eigenvalue weighted by molar-refractivity contribution is 5.96. The number of fused-ring (bicyclic) bond motifs is 2. The summed E-state index contributed by atoms with van der Waals surface area (Å²) in [5.74, 6) is 2.65. The van der Waals surface area contributed by atoms with Gasteiger partial charge in [-0.2, -0.15) is 5.10 Å². The van der Waals surface area contributed by atoms with Crippen LogP contribution >= 0.6 is 0 Å². The van der Waals surface area contributed by atoms with Crippen LogP contribution in [0.5, 0.6) is 5.88 Å². The quantitative estimate of drug-likeness (QED) is 0.800. The maximum absolute atomic E-state index is 13.0. The van der Waals surface area contributed by atoms with Gasteiger partial charge in [0.15, 0.2) is 0 Å². The Kier molecular flexibility index (Phi) is 3.58. The Bertz CT molecular complexity index is 836. The Balaban J connectivity index is 1.28. The molecule has 0 bridgehead atoms. The van der Waals surface area contributed by atoms with E-state index in [4.69, 9.17) is 4.74 Å². The van der Waals surface area contributed by atoms with E-state index in [0.29, 0.717) is 29.9 Å². The second kappa shape index (κ2) is 5.96. The lowest BCUT2D eigenvalue weighted by atomic mass is 10.0. The zero-order valence-electron chi connectivity index (χ0n) is 14.8. The van der Waals surface area contributed by atoms with Gasteiger partial charge in [-0.15, -0.1) is 0 Å². The number of ether oxygens (including phenoxy) is 1. The van der Waals surface area contributed by atoms with Crippen molar-refractivity contribution < 1.29 is 9.53 Å². The third kappa shape index (κ3) is 2.51. The molecular weight excluding hydrogens is 332 g/mol. The van der Waals surface area contributed by atoms with Crippen LogP contribution in [0.2, 0.25) is 0 Å². The molecule has 0 spiro atoms. The van der Waals surface area contributed by atoms with Crippen LogP contribution in [0.4, 0.5) is 5.82 Å². The maximum Gasteiger partial charge on any atom is 0.261 e. The first-order valence-electron chi connectivity index (χ1n) is 9.20. The lowest BCUT2D eigenvalue weighted by Crippen LogP contribution is -2.33. The Morgan fingerprint density at radius 2 is 2.00 bits per heavy atom. The van der Waals surface area contributed by atoms with E-state index < -0.39 is 0 Å². The molecule has 2 atom stereocenters. The second-order valence-corrected chi connectivity index (χ2v) is 7.44. The number of rotatable bonds is 2. The molecule has 8 heteroatoms. The number of hydrogen-bond acceptors (Lipinski definition) is 6. The number of hydrogen-bond donors (Lipinski definition) is 0. The molecule has 3 aliphatic rings. The van der Waals surface area contributed by atoms with Crippen LogP contribution in [0.25, 0.3) is 0 Å². The zero-order valence-corrected chi connectivity index (χ0v) is 14.8. The average Bonchev–Trinajstić information content (AvgIpc) is 3.34. The van der Waals surface area contributed by atoms with Crippen LogP contribution in [-0.4, -0.2) is 63.3 Å². The Morgan fingerprint density at radius 1 is 1.19 bits per heavy atom. The van der Waals surface area contributed by atoms with Crippen molar-refractivity contribution in [2.75, 3.05) is 37.7 Å². The van der Waals surface area contributed by atoms with Crippen molar-refractivity contribution in [3.8, 4) is 5.88 Å². The van der Waals surface area contributed by atoms with E-state index in [2.05, 4.69) is 20.0 Å². The molecular formula is C18H22N6O2. The second-order valence-electron chi connectivity index (χ2n) is 7.44. The van der Waals surface area contributed by atoms with E-state index in [0.717, 1.165) is 50.7 Å². The molecule has 3 aliphatic heterocycles. The minimum atomic E-state index is 0.0481. The van der Waals surface area contributed by atoms with Crippen LogP contribution in [0.3, 0.4) is 0 Å². The first-order valence-corrected chi connectivity index (χ1v) is 9.20. The van der Waals surface area contributed by atoms with Crippen LogP contribution in [0.1, 0.15) is 22.5 Å². The first kappa shape index (κ1) is 15.6. The Morgan fingerprint density at radius 3 is 2.77 bits per heavy atom. The highest BCUT2D eigenvalue weighted by Crippen LogP contribution is 2.35. The van der Waals surface area contributed by atoms with Gasteiger partial charge in [-0.3, -0.25) is 4.79 Å². The van der Waals surface area contributed by atoms with E-state index in [1.807, 2.05) is 17.9 Å². The minimum Gasteiger partial charge on any atom is -0.477 e. The van der Waals surface area contributed by atoms with Crippen molar-refractivity contribution in [3.63, 3.8) is 0 Å². The summed E-state index contributed by atoms with van der Waals surface area (Å²) in [5.41, 5.74) is 1.59. The third-order valence-corrected chi connectivity index (χ3v) is 5.66. The fourth-order valence-electron chi connectivity index (χ4n) is 4.35. The highest BCUT2D eigenvalue weighted by Gasteiger charge is 2.43. The molecule has 1 amide bonds. The summed E-state index contributed by atoms with van der Waals surface area (Å²) in [4.78, 5) is 25.8. The molecule has 2 fully saturated rings. The van der Waals surface area contributed by atoms with Crippen molar-refractivity contribution in [2.45, 2.75) is 19.9 Å². The molecule has 2 unspecified atom stereocenters. The van der Waals surface area contributed by atoms with Crippen molar-refractivity contribution in [2.24, 2.45) is 11.8 Å². The van der Waals surface area contributed by atoms with Gasteiger partial charge >= 0.3 is 0 Å². The molecule has 2 aromatic heterocycles. The summed E-state index contributed by atoms with van der Waals surface area (Å²) in [6.45, 7) is 6.91. The number of carbonyl (C=O) groups is 1. The molecule has 136 valence electrons. The van der Waals surface area contributed by atoms with Gasteiger partial charge in [0.25, 0.3) is 5.91 Å². The zero-order chi connectivity index (χ0) is 17.7. The average molecular weight is 354 g/mol. The largest absolute Gasteiger partial charge is 0.477 e. The van der Waals surface area contributed by atoms with E-state index in [9.17, 15) is 4.79 Å². The van der Waals surface area contributed by atoms with Gasteiger partial charge in [0.2, 0.25) is 5.88 Å². The maximum atomic E-state index is 13.0. The van der Waals surface area contributed by atoms with Crippen molar-refractivity contribution >= 4 is 11.7 Å². The predicted octanol–water partition coefficient (Wildman–Crippen LogP) is 0.972. The summed E-state index contributed by atoms with van der Waals surface area (Å²) in [7, 11) is 0. The summed E-state index contributed by atoms with van der Waals surface area (Å²) in [5, 5.41) is 4.30. The van der Waals surface area contributed by atoms with E-state index in [-0.39, 0.29) is 5.91 Å². The van der Waals surface area contributed by atoms with Gasteiger partial charge in [0.1, 0.15) is 17.7 Å². The van der Waals surface area contributed by atoms with E-state index in [1.165, 1.54) is 0 Å². The van der Waals surface area contributed by atoms with Gasteiger partial charge in [-0.05, 0) is 6.92 Å². The van der Waals surface area contributed by atoms with Gasteiger partial charge < -0.3 is 14.5 Å². The van der Waals surface area contributed by atoms with Gasteiger partial charge in [-0.1, -0.05) is 0 Å². The summed E-state index contributed by atoms with van der Waals surface area (Å²) >= 11 is 0. The topological polar surface area (TPSA) is 76.4 Å². The molecule has 2 aromatic rings. The fourth-order valence-corrected chi connectivity index (χ4v) is 4.35. The fraction of sp³-hybridized carbons (Fsp3) is 0.556. The minimum absolute atomic E-state index is 0.0481. The standard InChI is InChI=1S/C18H22N6O2/c1-12-5-16(20-11-19-12)22-7-13-9-23(10-14(13)8-22)17(25)15-6-21-24-3-2-4-26-18(15)24/h5-6,11,13-14H,2-4,7-10H2,1H3. The number of nitrogens with zero attached hydrogens (tertiary/aromatic N) is 6. The molecule has 0 aliphatic carbocycles. The smallest absolute Gasteiger partial charge is 0.261 e. The predicted molar refractivity (Wildman–Crippen MR) is 94.2 cm³/mol. The normalized spacial score (nSPS) is 24.3. The monoisotopic (exact) mass is 354 g/mol. The van der Waals surface area contributed by atoms with Crippen LogP contribution in [0.15, 0.2) is 18.6 Å². The van der Waals surface area contributed by atoms with Crippen molar-refractivity contribution in [1.29, 1.82) is 0 Å². The molecule has 2 saturated heterocycles. The lowest BCUT2D eigenvalue weighted by molar-refractivity contribution is 0.0775. The summed E-state index contributed by atoms with van der Waals surface area (Å²) in [6.07, 6.45) is 4.22. The first-order chi connectivity index (χ1) is 12.7. The van der Waals surface area contributed by atoms with Gasteiger partial charge in [0.05, 0.1) is 12.8 Å². The SMILES string of the molecule is Cc1cc(N2CC3CN(C(=O)c4cnn5c4OCCC5)CC3C2)ncn1. The number of amides is 1. The lowest BCUT2D eigenvalue weighted by Gasteiger charge is -2.23. The van der Waals surface area contributed by atoms with Crippen molar-refractivity contribution in [1.82, 2.24) is 24.6 Å². The van der Waals surface area contributed by atoms with Gasteiger partial charge in [0, 0.05) is 62.7 Å².